The van der Waals surface area contributed by atoms with Crippen LogP contribution in [0.3, 0.4) is 0 Å². The third-order valence-corrected chi connectivity index (χ3v) is 14.1. The number of carboxylic acid groups (broad SMARTS) is 1. The minimum atomic E-state index is -1.12. The first-order valence-electron chi connectivity index (χ1n) is 22.6. The molecule has 6 heterocycles. The van der Waals surface area contributed by atoms with Crippen molar-refractivity contribution in [1.82, 2.24) is 30.2 Å². The Bertz CT molecular complexity index is 2040. The molecule has 0 saturated carbocycles. The van der Waals surface area contributed by atoms with E-state index in [4.69, 9.17) is 52.1 Å². The molecule has 4 aliphatic rings. The van der Waals surface area contributed by atoms with Gasteiger partial charge in [0.1, 0.15) is 0 Å². The van der Waals surface area contributed by atoms with E-state index in [1.54, 1.807) is 30.3 Å². The molecule has 2 aromatic carbocycles. The van der Waals surface area contributed by atoms with Crippen LogP contribution in [0.2, 0.25) is 20.1 Å². The fourth-order valence-corrected chi connectivity index (χ4v) is 9.99. The highest BCUT2D eigenvalue weighted by molar-refractivity contribution is 6.35. The van der Waals surface area contributed by atoms with E-state index in [1.807, 2.05) is 18.2 Å². The summed E-state index contributed by atoms with van der Waals surface area (Å²) in [7, 11) is 0. The number of nitrogens with two attached hydrogens (primary N) is 1. The zero-order valence-corrected chi connectivity index (χ0v) is 39.3. The number of aromatic carboxylic acids is 1. The van der Waals surface area contributed by atoms with Gasteiger partial charge in [-0.15, -0.1) is 20.4 Å². The lowest BCUT2D eigenvalue weighted by molar-refractivity contribution is 0.0690. The molecule has 4 saturated heterocycles. The number of carbonyl (C=O) groups excluding carboxylic acids is 1. The number of nitrogens with zero attached hydrogens (tertiary/aromatic N) is 8. The van der Waals surface area contributed by atoms with E-state index in [0.717, 1.165) is 80.6 Å². The number of amides is 1. The Morgan fingerprint density at radius 2 is 1.00 bits per heavy atom. The summed E-state index contributed by atoms with van der Waals surface area (Å²) < 4.78 is 0. The lowest BCUT2D eigenvalue weighted by Gasteiger charge is -2.33. The molecule has 5 N–H and O–H groups in total. The number of likely N-dealkylation sites (tertiary alicyclic amines) is 2. The predicted octanol–water partition coefficient (Wildman–Crippen LogP) is 8.99. The minimum Gasteiger partial charge on any atom is -0.476 e. The number of halogens is 4. The number of hydrogen-bond acceptors (Lipinski definition) is 12. The van der Waals surface area contributed by atoms with E-state index in [9.17, 15) is 14.7 Å². The van der Waals surface area contributed by atoms with Crippen LogP contribution < -0.4 is 26.2 Å². The third-order valence-electron chi connectivity index (χ3n) is 12.9. The van der Waals surface area contributed by atoms with E-state index >= 15 is 0 Å². The van der Waals surface area contributed by atoms with E-state index in [2.05, 4.69) is 50.6 Å². The average Bonchev–Trinajstić information content (AvgIpc) is 4.03. The standard InChI is InChI=1S/C23H30Cl2N6O.C23H29Cl2N5O2/c24-18-4-3-17(19(25)13-18)15-27-20-14-21(28-29-22(20)23(26)32)31-11-6-16(7-12-31)5-10-30-8-1-2-9-30;24-18-4-3-17(19(25)13-18)15-26-20-14-21(27-28-22(20)23(31)32)30-11-6-16(7-12-30)5-10-29-8-1-2-9-29/h3-4,13-14,16H,1-2,5-12,15H2,(H2,26,32)(H,27,28);3-4,13-14,16H,1-2,5-12,15H2,(H,26,27)(H,31,32). The first-order chi connectivity index (χ1) is 31.0. The van der Waals surface area contributed by atoms with Gasteiger partial charge >= 0.3 is 5.97 Å². The molecule has 8 rings (SSSR count). The van der Waals surface area contributed by atoms with Crippen LogP contribution in [-0.2, 0) is 13.1 Å². The van der Waals surface area contributed by atoms with Crippen molar-refractivity contribution in [3.8, 4) is 0 Å². The Kier molecular flexibility index (Phi) is 17.4. The van der Waals surface area contributed by atoms with Crippen LogP contribution in [0.4, 0.5) is 23.0 Å². The summed E-state index contributed by atoms with van der Waals surface area (Å²) >= 11 is 24.5. The number of anilines is 4. The topological polar surface area (TPSA) is 169 Å². The normalized spacial score (nSPS) is 17.6. The maximum atomic E-state index is 11.9. The van der Waals surface area contributed by atoms with Gasteiger partial charge in [0.25, 0.3) is 5.91 Å². The Morgan fingerprint density at radius 3 is 1.39 bits per heavy atom. The van der Waals surface area contributed by atoms with Crippen LogP contribution in [0.5, 0.6) is 0 Å². The molecule has 64 heavy (non-hydrogen) atoms. The fourth-order valence-electron chi connectivity index (χ4n) is 9.04. The molecule has 4 aliphatic heterocycles. The lowest BCUT2D eigenvalue weighted by Crippen LogP contribution is -2.36. The Morgan fingerprint density at radius 1 is 0.594 bits per heavy atom. The number of hydrogen-bond donors (Lipinski definition) is 4. The second kappa shape index (κ2) is 23.3. The van der Waals surface area contributed by atoms with Gasteiger partial charge in [-0.05, 0) is 151 Å². The molecular formula is C46H59Cl4N11O3. The predicted molar refractivity (Wildman–Crippen MR) is 258 cm³/mol. The van der Waals surface area contributed by atoms with Crippen LogP contribution >= 0.6 is 46.4 Å². The van der Waals surface area contributed by atoms with E-state index in [0.29, 0.717) is 50.4 Å². The molecule has 0 aliphatic carbocycles. The van der Waals surface area contributed by atoms with Crippen molar-refractivity contribution < 1.29 is 14.7 Å². The van der Waals surface area contributed by atoms with Crippen LogP contribution in [0.15, 0.2) is 48.5 Å². The summed E-state index contributed by atoms with van der Waals surface area (Å²) in [5, 5.41) is 34.8. The number of carbonyl (C=O) groups is 2. The van der Waals surface area contributed by atoms with Gasteiger partial charge in [-0.1, -0.05) is 58.5 Å². The SMILES string of the molecule is NC(=O)c1nnc(N2CCC(CCN3CCCC3)CC2)cc1NCc1ccc(Cl)cc1Cl.O=C(O)c1nnc(N2CCC(CCN3CCCC3)CC2)cc1NCc1ccc(Cl)cc1Cl. The molecule has 2 aromatic heterocycles. The lowest BCUT2D eigenvalue weighted by atomic mass is 9.93. The van der Waals surface area contributed by atoms with Crippen LogP contribution in [-0.4, -0.2) is 113 Å². The molecule has 18 heteroatoms. The largest absolute Gasteiger partial charge is 0.476 e. The Hall–Kier alpha value is -4.18. The van der Waals surface area contributed by atoms with Gasteiger partial charge in [-0.2, -0.15) is 0 Å². The zero-order valence-electron chi connectivity index (χ0n) is 36.3. The molecule has 0 spiro atoms. The molecule has 0 unspecified atom stereocenters. The molecule has 0 bridgehead atoms. The fraction of sp³-hybridized carbons (Fsp3) is 0.522. The van der Waals surface area contributed by atoms with Crippen LogP contribution in [0.25, 0.3) is 0 Å². The molecule has 14 nitrogen and oxygen atoms in total. The summed E-state index contributed by atoms with van der Waals surface area (Å²) in [4.78, 5) is 33.1. The monoisotopic (exact) mass is 953 g/mol. The van der Waals surface area contributed by atoms with E-state index in [1.165, 1.54) is 77.8 Å². The molecule has 4 fully saturated rings. The summed E-state index contributed by atoms with van der Waals surface area (Å²) in [6.07, 6.45) is 12.4. The van der Waals surface area contributed by atoms with Crippen molar-refractivity contribution in [1.29, 1.82) is 0 Å². The van der Waals surface area contributed by atoms with Crippen molar-refractivity contribution in [2.75, 3.05) is 85.9 Å². The molecule has 0 atom stereocenters. The van der Waals surface area contributed by atoms with Crippen LogP contribution in [0, 0.1) is 11.8 Å². The average molecular weight is 956 g/mol. The number of piperidine rings is 2. The van der Waals surface area contributed by atoms with Gasteiger partial charge in [0.15, 0.2) is 23.0 Å². The van der Waals surface area contributed by atoms with E-state index < -0.39 is 11.9 Å². The summed E-state index contributed by atoms with van der Waals surface area (Å²) in [5.74, 6) is 1.23. The van der Waals surface area contributed by atoms with Gasteiger partial charge in [0, 0.05) is 71.5 Å². The number of aromatic nitrogens is 4. The first-order valence-corrected chi connectivity index (χ1v) is 24.1. The van der Waals surface area contributed by atoms with Gasteiger partial charge in [-0.25, -0.2) is 4.79 Å². The zero-order chi connectivity index (χ0) is 45.0. The van der Waals surface area contributed by atoms with Gasteiger partial charge < -0.3 is 41.1 Å². The maximum Gasteiger partial charge on any atom is 0.358 e. The first kappa shape index (κ1) is 47.8. The number of primary amides is 1. The van der Waals surface area contributed by atoms with Crippen molar-refractivity contribution in [2.45, 2.75) is 77.3 Å². The molecule has 0 radical (unpaired) electrons. The molecule has 4 aromatic rings. The van der Waals surface area contributed by atoms with E-state index in [-0.39, 0.29) is 11.4 Å². The van der Waals surface area contributed by atoms with Gasteiger partial charge in [0.2, 0.25) is 0 Å². The number of rotatable bonds is 16. The quantitative estimate of drug-likeness (QED) is 0.0841. The number of nitrogens with one attached hydrogen (secondary N) is 2. The second-order valence-corrected chi connectivity index (χ2v) is 19.0. The van der Waals surface area contributed by atoms with Gasteiger partial charge in [-0.3, -0.25) is 4.79 Å². The second-order valence-electron chi connectivity index (χ2n) is 17.3. The van der Waals surface area contributed by atoms with Crippen LogP contribution in [0.1, 0.15) is 96.3 Å². The molecule has 344 valence electrons. The summed E-state index contributed by atoms with van der Waals surface area (Å²) in [6.45, 7) is 11.9. The highest BCUT2D eigenvalue weighted by Gasteiger charge is 2.26. The third kappa shape index (κ3) is 13.4. The Balaban J connectivity index is 0.000000191. The number of carboxylic acids is 1. The summed E-state index contributed by atoms with van der Waals surface area (Å²) in [5.41, 5.74) is 8.23. The molecular weight excluding hydrogens is 896 g/mol. The highest BCUT2D eigenvalue weighted by Crippen LogP contribution is 2.30. The van der Waals surface area contributed by atoms with Crippen molar-refractivity contribution >= 4 is 81.3 Å². The Labute approximate surface area is 396 Å². The maximum absolute atomic E-state index is 11.9. The van der Waals surface area contributed by atoms with Gasteiger partial charge in [0.05, 0.1) is 11.4 Å². The number of benzene rings is 2. The van der Waals surface area contributed by atoms with Crippen molar-refractivity contribution in [2.24, 2.45) is 17.6 Å². The summed E-state index contributed by atoms with van der Waals surface area (Å²) in [6, 6.07) is 14.2. The highest BCUT2D eigenvalue weighted by atomic mass is 35.5. The van der Waals surface area contributed by atoms with Crippen molar-refractivity contribution in [3.63, 3.8) is 0 Å². The molecule has 1 amide bonds. The minimum absolute atomic E-state index is 0.0978. The smallest absolute Gasteiger partial charge is 0.358 e. The van der Waals surface area contributed by atoms with Crippen molar-refractivity contribution in [3.05, 3.63) is 91.1 Å².